The third-order valence-corrected chi connectivity index (χ3v) is 3.56. The van der Waals surface area contributed by atoms with Gasteiger partial charge in [-0.25, -0.2) is 0 Å². The van der Waals surface area contributed by atoms with E-state index in [1.54, 1.807) is 37.4 Å². The fourth-order valence-corrected chi connectivity index (χ4v) is 2.26. The van der Waals surface area contributed by atoms with Crippen LogP contribution in [0.3, 0.4) is 0 Å². The summed E-state index contributed by atoms with van der Waals surface area (Å²) in [6, 6.07) is 10.2. The molecule has 5 heteroatoms. The van der Waals surface area contributed by atoms with Gasteiger partial charge < -0.3 is 10.6 Å². The van der Waals surface area contributed by atoms with E-state index in [0.29, 0.717) is 27.0 Å². The molecule has 0 bridgehead atoms. The van der Waals surface area contributed by atoms with Crippen LogP contribution in [0, 0.1) is 6.92 Å². The molecule has 0 spiro atoms. The Bertz CT molecular complexity index is 671. The number of nitrogens with two attached hydrogens (primary N) is 1. The lowest BCUT2D eigenvalue weighted by Crippen LogP contribution is -2.27. The van der Waals surface area contributed by atoms with E-state index in [4.69, 9.17) is 28.9 Å². The van der Waals surface area contributed by atoms with Crippen molar-refractivity contribution in [3.8, 4) is 0 Å². The molecule has 0 fully saturated rings. The summed E-state index contributed by atoms with van der Waals surface area (Å²) in [6.45, 7) is 1.86. The molecule has 0 aliphatic rings. The average molecular weight is 309 g/mol. The van der Waals surface area contributed by atoms with Gasteiger partial charge in [-0.2, -0.15) is 0 Å². The lowest BCUT2D eigenvalue weighted by molar-refractivity contribution is 0.0992. The predicted octanol–water partition coefficient (Wildman–Crippen LogP) is 4.16. The molecule has 0 aromatic heterocycles. The maximum atomic E-state index is 12.6. The molecule has 0 atom stereocenters. The van der Waals surface area contributed by atoms with Crippen LogP contribution in [-0.4, -0.2) is 13.0 Å². The monoisotopic (exact) mass is 308 g/mol. The molecule has 2 aromatic carbocycles. The lowest BCUT2D eigenvalue weighted by Gasteiger charge is -2.20. The van der Waals surface area contributed by atoms with Crippen LogP contribution in [0.4, 0.5) is 11.4 Å². The second-order valence-corrected chi connectivity index (χ2v) is 5.40. The summed E-state index contributed by atoms with van der Waals surface area (Å²) >= 11 is 11.9. The first-order valence-corrected chi connectivity index (χ1v) is 6.75. The maximum absolute atomic E-state index is 12.6. The molecule has 2 aromatic rings. The van der Waals surface area contributed by atoms with Gasteiger partial charge in [0.25, 0.3) is 5.91 Å². The van der Waals surface area contributed by atoms with Gasteiger partial charge in [0, 0.05) is 22.7 Å². The van der Waals surface area contributed by atoms with Crippen molar-refractivity contribution in [1.29, 1.82) is 0 Å². The molecule has 0 radical (unpaired) electrons. The summed E-state index contributed by atoms with van der Waals surface area (Å²) in [6.07, 6.45) is 0. The largest absolute Gasteiger partial charge is 0.397 e. The number of carbonyl (C=O) groups excluding carboxylic acids is 1. The van der Waals surface area contributed by atoms with Gasteiger partial charge in [0.05, 0.1) is 11.4 Å². The third-order valence-electron chi connectivity index (χ3n) is 3.09. The highest BCUT2D eigenvalue weighted by atomic mass is 35.5. The fraction of sp³-hybridized carbons (Fsp3) is 0.133. The van der Waals surface area contributed by atoms with E-state index in [2.05, 4.69) is 0 Å². The topological polar surface area (TPSA) is 46.3 Å². The van der Waals surface area contributed by atoms with Gasteiger partial charge in [0.2, 0.25) is 0 Å². The number of anilines is 2. The van der Waals surface area contributed by atoms with Crippen LogP contribution in [0.15, 0.2) is 36.4 Å². The standard InChI is InChI=1S/C15H14Cl2N2O/c1-9-3-4-10(16)7-12(9)15(20)19(2)14-8-11(17)5-6-13(14)18/h3-8H,18H2,1-2H3. The van der Waals surface area contributed by atoms with Crippen LogP contribution < -0.4 is 10.6 Å². The van der Waals surface area contributed by atoms with E-state index >= 15 is 0 Å². The highest BCUT2D eigenvalue weighted by Crippen LogP contribution is 2.28. The van der Waals surface area contributed by atoms with Gasteiger partial charge in [-0.1, -0.05) is 29.3 Å². The molecule has 0 unspecified atom stereocenters. The number of nitrogen functional groups attached to an aromatic ring is 1. The Morgan fingerprint density at radius 1 is 1.10 bits per heavy atom. The van der Waals surface area contributed by atoms with Crippen molar-refractivity contribution in [2.45, 2.75) is 6.92 Å². The Balaban J connectivity index is 2.42. The van der Waals surface area contributed by atoms with Crippen LogP contribution >= 0.6 is 23.2 Å². The number of halogens is 2. The normalized spacial score (nSPS) is 10.4. The number of carbonyl (C=O) groups is 1. The van der Waals surface area contributed by atoms with Crippen molar-refractivity contribution in [3.05, 3.63) is 57.6 Å². The first-order chi connectivity index (χ1) is 9.40. The quantitative estimate of drug-likeness (QED) is 0.847. The van der Waals surface area contributed by atoms with Gasteiger partial charge in [-0.3, -0.25) is 4.79 Å². The predicted molar refractivity (Wildman–Crippen MR) is 84.8 cm³/mol. The van der Waals surface area contributed by atoms with Gasteiger partial charge in [-0.05, 0) is 42.8 Å². The maximum Gasteiger partial charge on any atom is 0.258 e. The molecule has 0 heterocycles. The van der Waals surface area contributed by atoms with Crippen molar-refractivity contribution < 1.29 is 4.79 Å². The molecule has 3 nitrogen and oxygen atoms in total. The second kappa shape index (κ2) is 5.73. The summed E-state index contributed by atoms with van der Waals surface area (Å²) in [7, 11) is 1.66. The Labute approximate surface area is 127 Å². The fourth-order valence-electron chi connectivity index (χ4n) is 1.92. The first kappa shape index (κ1) is 14.7. The molecule has 0 saturated carbocycles. The van der Waals surface area contributed by atoms with Crippen LogP contribution in [0.1, 0.15) is 15.9 Å². The molecule has 2 N–H and O–H groups in total. The minimum absolute atomic E-state index is 0.182. The number of hydrogen-bond acceptors (Lipinski definition) is 2. The summed E-state index contributed by atoms with van der Waals surface area (Å²) in [5, 5.41) is 1.04. The van der Waals surface area contributed by atoms with E-state index in [1.165, 1.54) is 4.90 Å². The zero-order chi connectivity index (χ0) is 14.9. The van der Waals surface area contributed by atoms with Crippen molar-refractivity contribution in [2.24, 2.45) is 0 Å². The number of amides is 1. The van der Waals surface area contributed by atoms with E-state index in [0.717, 1.165) is 5.56 Å². The van der Waals surface area contributed by atoms with Crippen LogP contribution in [0.2, 0.25) is 10.0 Å². The summed E-state index contributed by atoms with van der Waals surface area (Å²) in [5.74, 6) is -0.182. The van der Waals surface area contributed by atoms with E-state index in [9.17, 15) is 4.79 Å². The minimum Gasteiger partial charge on any atom is -0.397 e. The number of nitrogens with zero attached hydrogens (tertiary/aromatic N) is 1. The summed E-state index contributed by atoms with van der Waals surface area (Å²) < 4.78 is 0. The first-order valence-electron chi connectivity index (χ1n) is 5.99. The van der Waals surface area contributed by atoms with Crippen molar-refractivity contribution in [1.82, 2.24) is 0 Å². The van der Waals surface area contributed by atoms with Crippen LogP contribution in [0.5, 0.6) is 0 Å². The minimum atomic E-state index is -0.182. The zero-order valence-electron chi connectivity index (χ0n) is 11.2. The van der Waals surface area contributed by atoms with Crippen molar-refractivity contribution >= 4 is 40.5 Å². The summed E-state index contributed by atoms with van der Waals surface area (Å²) in [5.41, 5.74) is 8.35. The van der Waals surface area contributed by atoms with Crippen LogP contribution in [-0.2, 0) is 0 Å². The third kappa shape index (κ3) is 2.89. The highest BCUT2D eigenvalue weighted by Gasteiger charge is 2.18. The molecule has 104 valence electrons. The van der Waals surface area contributed by atoms with Gasteiger partial charge >= 0.3 is 0 Å². The number of aryl methyl sites for hydroxylation is 1. The number of hydrogen-bond donors (Lipinski definition) is 1. The Hall–Kier alpha value is -1.71. The second-order valence-electron chi connectivity index (χ2n) is 4.53. The van der Waals surface area contributed by atoms with E-state index in [1.807, 2.05) is 13.0 Å². The lowest BCUT2D eigenvalue weighted by atomic mass is 10.1. The molecule has 1 amide bonds. The molecule has 2 rings (SSSR count). The zero-order valence-corrected chi connectivity index (χ0v) is 12.7. The molecule has 0 aliphatic carbocycles. The molecule has 0 aliphatic heterocycles. The smallest absolute Gasteiger partial charge is 0.258 e. The van der Waals surface area contributed by atoms with Gasteiger partial charge in [0.15, 0.2) is 0 Å². The highest BCUT2D eigenvalue weighted by molar-refractivity contribution is 6.31. The van der Waals surface area contributed by atoms with E-state index < -0.39 is 0 Å². The van der Waals surface area contributed by atoms with Crippen LogP contribution in [0.25, 0.3) is 0 Å². The SMILES string of the molecule is Cc1ccc(Cl)cc1C(=O)N(C)c1cc(Cl)ccc1N. The van der Waals surface area contributed by atoms with Gasteiger partial charge in [-0.15, -0.1) is 0 Å². The number of rotatable bonds is 2. The van der Waals surface area contributed by atoms with Crippen molar-refractivity contribution in [3.63, 3.8) is 0 Å². The van der Waals surface area contributed by atoms with E-state index in [-0.39, 0.29) is 5.91 Å². The average Bonchev–Trinajstić information content (AvgIpc) is 2.42. The Morgan fingerprint density at radius 2 is 1.70 bits per heavy atom. The summed E-state index contributed by atoms with van der Waals surface area (Å²) in [4.78, 5) is 14.0. The molecule has 20 heavy (non-hydrogen) atoms. The Kier molecular flexibility index (Phi) is 4.21. The molecule has 0 saturated heterocycles. The molecular formula is C15H14Cl2N2O. The van der Waals surface area contributed by atoms with Crippen molar-refractivity contribution in [2.75, 3.05) is 17.7 Å². The van der Waals surface area contributed by atoms with Gasteiger partial charge in [0.1, 0.15) is 0 Å². The number of benzene rings is 2. The molecular weight excluding hydrogens is 295 g/mol. The Morgan fingerprint density at radius 3 is 2.40 bits per heavy atom.